The van der Waals surface area contributed by atoms with Crippen LogP contribution in [0.5, 0.6) is 5.88 Å². The third kappa shape index (κ3) is 2.24. The number of rotatable bonds is 2. The van der Waals surface area contributed by atoms with E-state index in [1.54, 1.807) is 12.3 Å². The standard InChI is InChI=1S/C16H12FIN4O2/c1-24-16-8(17)6-10-13(22-16)7(2-4-19-10)14-12(18)11-9(21-14)3-5-20-15(11)23/h2,4,6,21H,3,5H2,1H3,(H,20,23). The number of methoxy groups -OCH3 is 1. The number of hydrogen-bond acceptors (Lipinski definition) is 4. The molecule has 1 amide bonds. The fourth-order valence-electron chi connectivity index (χ4n) is 2.90. The molecule has 122 valence electrons. The van der Waals surface area contributed by atoms with E-state index in [9.17, 15) is 9.18 Å². The second-order valence-corrected chi connectivity index (χ2v) is 6.46. The maximum Gasteiger partial charge on any atom is 0.254 e. The van der Waals surface area contributed by atoms with Crippen molar-refractivity contribution in [2.45, 2.75) is 6.42 Å². The first-order valence-corrected chi connectivity index (χ1v) is 8.36. The van der Waals surface area contributed by atoms with Crippen molar-refractivity contribution in [2.24, 2.45) is 0 Å². The fourth-order valence-corrected chi connectivity index (χ4v) is 3.90. The van der Waals surface area contributed by atoms with Gasteiger partial charge in [0.25, 0.3) is 11.8 Å². The first-order valence-electron chi connectivity index (χ1n) is 7.28. The van der Waals surface area contributed by atoms with Crippen LogP contribution >= 0.6 is 22.6 Å². The molecule has 0 fully saturated rings. The van der Waals surface area contributed by atoms with E-state index < -0.39 is 5.82 Å². The zero-order chi connectivity index (χ0) is 16.8. The molecule has 3 aromatic rings. The fraction of sp³-hybridized carbons (Fsp3) is 0.188. The summed E-state index contributed by atoms with van der Waals surface area (Å²) >= 11 is 2.15. The summed E-state index contributed by atoms with van der Waals surface area (Å²) in [7, 11) is 1.37. The third-order valence-electron chi connectivity index (χ3n) is 4.00. The SMILES string of the molecule is COc1nc2c(-c3[nH]c4c(c3I)C(=O)NCC4)ccnc2cc1F. The molecular formula is C16H12FIN4O2. The van der Waals surface area contributed by atoms with Gasteiger partial charge in [-0.25, -0.2) is 9.37 Å². The van der Waals surface area contributed by atoms with Gasteiger partial charge in [-0.15, -0.1) is 0 Å². The van der Waals surface area contributed by atoms with Gasteiger partial charge in [0.1, 0.15) is 5.52 Å². The largest absolute Gasteiger partial charge is 0.479 e. The lowest BCUT2D eigenvalue weighted by Crippen LogP contribution is -2.31. The number of nitrogens with one attached hydrogen (secondary N) is 2. The van der Waals surface area contributed by atoms with Gasteiger partial charge in [0, 0.05) is 36.5 Å². The Hall–Kier alpha value is -2.23. The third-order valence-corrected chi connectivity index (χ3v) is 5.08. The molecule has 24 heavy (non-hydrogen) atoms. The molecule has 8 heteroatoms. The Labute approximate surface area is 150 Å². The highest BCUT2D eigenvalue weighted by Gasteiger charge is 2.26. The molecule has 2 N–H and O–H groups in total. The van der Waals surface area contributed by atoms with Gasteiger partial charge >= 0.3 is 0 Å². The Bertz CT molecular complexity index is 986. The van der Waals surface area contributed by atoms with Crippen LogP contribution in [0.3, 0.4) is 0 Å². The number of amides is 1. The van der Waals surface area contributed by atoms with Gasteiger partial charge in [0.2, 0.25) is 0 Å². The number of ether oxygens (including phenoxy) is 1. The lowest BCUT2D eigenvalue weighted by Gasteiger charge is -2.11. The van der Waals surface area contributed by atoms with Crippen molar-refractivity contribution in [1.29, 1.82) is 0 Å². The molecule has 0 spiro atoms. The molecule has 0 bridgehead atoms. The van der Waals surface area contributed by atoms with Crippen LogP contribution in [0.2, 0.25) is 0 Å². The summed E-state index contributed by atoms with van der Waals surface area (Å²) in [6, 6.07) is 3.09. The van der Waals surface area contributed by atoms with Crippen LogP contribution in [0.15, 0.2) is 18.3 Å². The number of halogens is 2. The number of aromatic nitrogens is 3. The van der Waals surface area contributed by atoms with Gasteiger partial charge in [-0.1, -0.05) is 0 Å². The van der Waals surface area contributed by atoms with Crippen molar-refractivity contribution in [3.63, 3.8) is 0 Å². The van der Waals surface area contributed by atoms with Crippen LogP contribution in [0.4, 0.5) is 4.39 Å². The Morgan fingerprint density at radius 1 is 1.42 bits per heavy atom. The normalized spacial score (nSPS) is 13.7. The number of pyridine rings is 2. The summed E-state index contributed by atoms with van der Waals surface area (Å²) in [4.78, 5) is 23.9. The molecule has 3 aromatic heterocycles. The van der Waals surface area contributed by atoms with Crippen molar-refractivity contribution in [3.05, 3.63) is 39.0 Å². The smallest absolute Gasteiger partial charge is 0.254 e. The van der Waals surface area contributed by atoms with Gasteiger partial charge < -0.3 is 15.0 Å². The molecular weight excluding hydrogens is 426 g/mol. The molecule has 1 aliphatic rings. The van der Waals surface area contributed by atoms with E-state index >= 15 is 0 Å². The number of H-pyrrole nitrogens is 1. The predicted molar refractivity (Wildman–Crippen MR) is 94.6 cm³/mol. The number of hydrogen-bond donors (Lipinski definition) is 2. The van der Waals surface area contributed by atoms with Crippen LogP contribution < -0.4 is 10.1 Å². The molecule has 0 aromatic carbocycles. The lowest BCUT2D eigenvalue weighted by atomic mass is 10.1. The molecule has 4 rings (SSSR count). The highest BCUT2D eigenvalue weighted by Crippen LogP contribution is 2.35. The second kappa shape index (κ2) is 5.69. The summed E-state index contributed by atoms with van der Waals surface area (Å²) in [5, 5.41) is 2.85. The molecule has 0 radical (unpaired) electrons. The van der Waals surface area contributed by atoms with Gasteiger partial charge in [0.15, 0.2) is 5.82 Å². The number of fused-ring (bicyclic) bond motifs is 2. The molecule has 4 heterocycles. The summed E-state index contributed by atoms with van der Waals surface area (Å²) in [5.74, 6) is -0.728. The van der Waals surface area contributed by atoms with Crippen LogP contribution in [0, 0.1) is 9.39 Å². The van der Waals surface area contributed by atoms with E-state index in [-0.39, 0.29) is 11.8 Å². The predicted octanol–water partition coefficient (Wildman–Crippen LogP) is 2.66. The van der Waals surface area contributed by atoms with Crippen LogP contribution in [-0.4, -0.2) is 34.5 Å². The van der Waals surface area contributed by atoms with Gasteiger partial charge in [-0.2, -0.15) is 0 Å². The van der Waals surface area contributed by atoms with Crippen LogP contribution in [-0.2, 0) is 6.42 Å². The summed E-state index contributed by atoms with van der Waals surface area (Å²) in [5.41, 5.74) is 4.05. The van der Waals surface area contributed by atoms with E-state index in [1.807, 2.05) is 0 Å². The van der Waals surface area contributed by atoms with Crippen LogP contribution in [0.1, 0.15) is 16.1 Å². The van der Waals surface area contributed by atoms with Crippen molar-refractivity contribution < 1.29 is 13.9 Å². The quantitative estimate of drug-likeness (QED) is 0.604. The molecule has 0 unspecified atom stereocenters. The summed E-state index contributed by atoms with van der Waals surface area (Å²) in [6.07, 6.45) is 2.34. The maximum absolute atomic E-state index is 13.9. The highest BCUT2D eigenvalue weighted by atomic mass is 127. The van der Waals surface area contributed by atoms with E-state index in [4.69, 9.17) is 4.74 Å². The Balaban J connectivity index is 1.99. The number of aromatic amines is 1. The molecule has 0 atom stereocenters. The van der Waals surface area contributed by atoms with Gasteiger partial charge in [-0.3, -0.25) is 9.78 Å². The Morgan fingerprint density at radius 2 is 2.25 bits per heavy atom. The summed E-state index contributed by atoms with van der Waals surface area (Å²) < 4.78 is 19.7. The Morgan fingerprint density at radius 3 is 3.00 bits per heavy atom. The first-order chi connectivity index (χ1) is 11.6. The topological polar surface area (TPSA) is 79.9 Å². The van der Waals surface area contributed by atoms with E-state index in [0.717, 1.165) is 26.9 Å². The minimum absolute atomic E-state index is 0.0826. The van der Waals surface area contributed by atoms with Crippen molar-refractivity contribution in [1.82, 2.24) is 20.3 Å². The van der Waals surface area contributed by atoms with Crippen LogP contribution in [0.25, 0.3) is 22.3 Å². The van der Waals surface area contributed by atoms with Gasteiger partial charge in [0.05, 0.1) is 27.5 Å². The monoisotopic (exact) mass is 438 g/mol. The molecule has 0 saturated carbocycles. The maximum atomic E-state index is 13.9. The molecule has 1 aliphatic heterocycles. The highest BCUT2D eigenvalue weighted by molar-refractivity contribution is 14.1. The minimum atomic E-state index is -0.561. The van der Waals surface area contributed by atoms with Crippen molar-refractivity contribution in [2.75, 3.05) is 13.7 Å². The molecule has 0 aliphatic carbocycles. The minimum Gasteiger partial charge on any atom is -0.479 e. The number of carbonyl (C=O) groups is 1. The van der Waals surface area contributed by atoms with Crippen molar-refractivity contribution in [3.8, 4) is 17.1 Å². The van der Waals surface area contributed by atoms with E-state index in [0.29, 0.717) is 23.1 Å². The first kappa shape index (κ1) is 15.3. The Kier molecular flexibility index (Phi) is 3.63. The second-order valence-electron chi connectivity index (χ2n) is 5.38. The average molecular weight is 438 g/mol. The van der Waals surface area contributed by atoms with Crippen molar-refractivity contribution >= 4 is 39.5 Å². The van der Waals surface area contributed by atoms with E-state index in [2.05, 4.69) is 42.9 Å². The average Bonchev–Trinajstić information content (AvgIpc) is 2.91. The summed E-state index contributed by atoms with van der Waals surface area (Å²) in [6.45, 7) is 0.607. The zero-order valence-electron chi connectivity index (χ0n) is 12.6. The van der Waals surface area contributed by atoms with E-state index in [1.165, 1.54) is 13.2 Å². The number of nitrogens with zero attached hydrogens (tertiary/aromatic N) is 2. The zero-order valence-corrected chi connectivity index (χ0v) is 14.8. The van der Waals surface area contributed by atoms with Gasteiger partial charge in [-0.05, 0) is 28.7 Å². The molecule has 0 saturated heterocycles. The lowest BCUT2D eigenvalue weighted by molar-refractivity contribution is 0.0945. The molecule has 6 nitrogen and oxygen atoms in total. The number of carbonyl (C=O) groups excluding carboxylic acids is 1.